The number of anilines is 1. The zero-order valence-electron chi connectivity index (χ0n) is 9.81. The third-order valence-electron chi connectivity index (χ3n) is 3.26. The highest BCUT2D eigenvalue weighted by atomic mass is 35.5. The van der Waals surface area contributed by atoms with Crippen LogP contribution < -0.4 is 10.6 Å². The number of hydrogen-bond acceptors (Lipinski definition) is 2. The van der Waals surface area contributed by atoms with Crippen LogP contribution >= 0.6 is 11.6 Å². The zero-order chi connectivity index (χ0) is 12.1. The summed E-state index contributed by atoms with van der Waals surface area (Å²) < 4.78 is 13.4. The summed E-state index contributed by atoms with van der Waals surface area (Å²) in [7, 11) is 0. The highest BCUT2D eigenvalue weighted by Crippen LogP contribution is 2.21. The number of piperidine rings is 1. The van der Waals surface area contributed by atoms with Gasteiger partial charge in [0.2, 0.25) is 0 Å². The van der Waals surface area contributed by atoms with Crippen molar-refractivity contribution in [2.75, 3.05) is 25.0 Å². The molecule has 0 spiro atoms. The van der Waals surface area contributed by atoms with Gasteiger partial charge in [0.15, 0.2) is 0 Å². The predicted octanol–water partition coefficient (Wildman–Crippen LogP) is 3.28. The number of hydrogen-bond donors (Lipinski definition) is 2. The van der Waals surface area contributed by atoms with E-state index in [9.17, 15) is 4.39 Å². The van der Waals surface area contributed by atoms with Gasteiger partial charge in [0.1, 0.15) is 5.82 Å². The van der Waals surface area contributed by atoms with Crippen LogP contribution in [0.15, 0.2) is 18.2 Å². The Balaban J connectivity index is 1.79. The van der Waals surface area contributed by atoms with Crippen LogP contribution in [0.25, 0.3) is 0 Å². The molecule has 1 aromatic carbocycles. The molecule has 1 saturated heterocycles. The monoisotopic (exact) mass is 256 g/mol. The molecule has 0 bridgehead atoms. The average Bonchev–Trinajstić information content (AvgIpc) is 2.35. The van der Waals surface area contributed by atoms with E-state index in [2.05, 4.69) is 10.6 Å². The highest BCUT2D eigenvalue weighted by Gasteiger charge is 2.12. The molecule has 0 atom stereocenters. The first kappa shape index (κ1) is 12.7. The Hall–Kier alpha value is -0.800. The van der Waals surface area contributed by atoms with Gasteiger partial charge in [-0.25, -0.2) is 4.39 Å². The molecule has 0 aliphatic carbocycles. The van der Waals surface area contributed by atoms with Gasteiger partial charge in [-0.1, -0.05) is 11.6 Å². The van der Waals surface area contributed by atoms with E-state index in [0.29, 0.717) is 10.7 Å². The molecule has 0 saturated carbocycles. The summed E-state index contributed by atoms with van der Waals surface area (Å²) in [6, 6.07) is 4.60. The normalized spacial score (nSPS) is 17.1. The van der Waals surface area contributed by atoms with Gasteiger partial charge in [-0.3, -0.25) is 0 Å². The van der Waals surface area contributed by atoms with Crippen molar-refractivity contribution in [2.45, 2.75) is 19.3 Å². The maximum absolute atomic E-state index is 13.4. The average molecular weight is 257 g/mol. The Morgan fingerprint density at radius 2 is 2.12 bits per heavy atom. The van der Waals surface area contributed by atoms with E-state index in [1.807, 2.05) is 0 Å². The summed E-state index contributed by atoms with van der Waals surface area (Å²) in [6.07, 6.45) is 3.53. The van der Waals surface area contributed by atoms with Crippen LogP contribution in [0.3, 0.4) is 0 Å². The molecule has 17 heavy (non-hydrogen) atoms. The van der Waals surface area contributed by atoms with Crippen molar-refractivity contribution in [1.82, 2.24) is 5.32 Å². The van der Waals surface area contributed by atoms with Crippen molar-refractivity contribution in [3.63, 3.8) is 0 Å². The van der Waals surface area contributed by atoms with E-state index in [-0.39, 0.29) is 5.82 Å². The topological polar surface area (TPSA) is 24.1 Å². The molecule has 1 fully saturated rings. The van der Waals surface area contributed by atoms with Crippen LogP contribution in [0.5, 0.6) is 0 Å². The maximum Gasteiger partial charge on any atom is 0.146 e. The van der Waals surface area contributed by atoms with Crippen molar-refractivity contribution in [3.05, 3.63) is 29.0 Å². The van der Waals surface area contributed by atoms with Crippen LogP contribution in [0.2, 0.25) is 5.02 Å². The van der Waals surface area contributed by atoms with Crippen LogP contribution in [0.1, 0.15) is 19.3 Å². The fourth-order valence-corrected chi connectivity index (χ4v) is 2.39. The Labute approximate surface area is 107 Å². The predicted molar refractivity (Wildman–Crippen MR) is 70.1 cm³/mol. The SMILES string of the molecule is Fc1ccc(Cl)cc1NCCC1CCNCC1. The minimum atomic E-state index is -0.236. The van der Waals surface area contributed by atoms with Crippen molar-refractivity contribution in [2.24, 2.45) is 5.92 Å². The minimum absolute atomic E-state index is 0.236. The maximum atomic E-state index is 13.4. The summed E-state index contributed by atoms with van der Waals surface area (Å²) in [5.74, 6) is 0.519. The molecular weight excluding hydrogens is 239 g/mol. The lowest BCUT2D eigenvalue weighted by molar-refractivity contribution is 0.361. The van der Waals surface area contributed by atoms with Gasteiger partial charge in [-0.2, -0.15) is 0 Å². The van der Waals surface area contributed by atoms with Gasteiger partial charge in [0.25, 0.3) is 0 Å². The van der Waals surface area contributed by atoms with Gasteiger partial charge in [0, 0.05) is 11.6 Å². The first-order valence-corrected chi connectivity index (χ1v) is 6.53. The lowest BCUT2D eigenvalue weighted by atomic mass is 9.95. The number of nitrogens with one attached hydrogen (secondary N) is 2. The summed E-state index contributed by atoms with van der Waals surface area (Å²) in [5, 5.41) is 7.03. The molecule has 2 nitrogen and oxygen atoms in total. The third kappa shape index (κ3) is 3.86. The fraction of sp³-hybridized carbons (Fsp3) is 0.538. The summed E-state index contributed by atoms with van der Waals surface area (Å²) in [6.45, 7) is 3.02. The molecule has 0 amide bonds. The second-order valence-electron chi connectivity index (χ2n) is 4.53. The quantitative estimate of drug-likeness (QED) is 0.864. The van der Waals surface area contributed by atoms with E-state index < -0.39 is 0 Å². The van der Waals surface area contributed by atoms with Gasteiger partial charge in [-0.15, -0.1) is 0 Å². The molecule has 1 heterocycles. The zero-order valence-corrected chi connectivity index (χ0v) is 10.6. The summed E-state index contributed by atoms with van der Waals surface area (Å²) in [5.41, 5.74) is 0.506. The van der Waals surface area contributed by atoms with Crippen LogP contribution in [0.4, 0.5) is 10.1 Å². The standard InChI is InChI=1S/C13H18ClFN2/c14-11-1-2-12(15)13(9-11)17-8-5-10-3-6-16-7-4-10/h1-2,9-10,16-17H,3-8H2. The molecular formula is C13H18ClFN2. The van der Waals surface area contributed by atoms with E-state index in [0.717, 1.165) is 32.0 Å². The molecule has 1 aromatic rings. The van der Waals surface area contributed by atoms with Crippen LogP contribution in [0, 0.1) is 11.7 Å². The molecule has 2 N–H and O–H groups in total. The Bertz CT molecular complexity index is 364. The largest absolute Gasteiger partial charge is 0.383 e. The Kier molecular flexibility index (Phi) is 4.63. The number of halogens is 2. The minimum Gasteiger partial charge on any atom is -0.383 e. The van der Waals surface area contributed by atoms with E-state index in [1.54, 1.807) is 12.1 Å². The van der Waals surface area contributed by atoms with Gasteiger partial charge in [0.05, 0.1) is 5.69 Å². The molecule has 0 aromatic heterocycles. The molecule has 2 rings (SSSR count). The van der Waals surface area contributed by atoms with Crippen molar-refractivity contribution < 1.29 is 4.39 Å². The van der Waals surface area contributed by atoms with Crippen LogP contribution in [-0.4, -0.2) is 19.6 Å². The third-order valence-corrected chi connectivity index (χ3v) is 3.49. The lowest BCUT2D eigenvalue weighted by Gasteiger charge is -2.22. The van der Waals surface area contributed by atoms with Crippen LogP contribution in [-0.2, 0) is 0 Å². The van der Waals surface area contributed by atoms with E-state index >= 15 is 0 Å². The van der Waals surface area contributed by atoms with Crippen molar-refractivity contribution in [3.8, 4) is 0 Å². The Morgan fingerprint density at radius 1 is 1.35 bits per heavy atom. The summed E-state index contributed by atoms with van der Waals surface area (Å²) >= 11 is 5.83. The summed E-state index contributed by atoms with van der Waals surface area (Å²) in [4.78, 5) is 0. The Morgan fingerprint density at radius 3 is 2.88 bits per heavy atom. The fourth-order valence-electron chi connectivity index (χ4n) is 2.21. The smallest absolute Gasteiger partial charge is 0.146 e. The first-order valence-electron chi connectivity index (χ1n) is 6.15. The van der Waals surface area contributed by atoms with Crippen molar-refractivity contribution in [1.29, 1.82) is 0 Å². The molecule has 0 unspecified atom stereocenters. The lowest BCUT2D eigenvalue weighted by Crippen LogP contribution is -2.28. The second-order valence-corrected chi connectivity index (χ2v) is 4.97. The van der Waals surface area contributed by atoms with E-state index in [1.165, 1.54) is 18.9 Å². The second kappa shape index (κ2) is 6.22. The van der Waals surface area contributed by atoms with Gasteiger partial charge < -0.3 is 10.6 Å². The van der Waals surface area contributed by atoms with Gasteiger partial charge >= 0.3 is 0 Å². The van der Waals surface area contributed by atoms with E-state index in [4.69, 9.17) is 11.6 Å². The van der Waals surface area contributed by atoms with Crippen molar-refractivity contribution >= 4 is 17.3 Å². The molecule has 1 aliphatic heterocycles. The number of benzene rings is 1. The molecule has 1 aliphatic rings. The number of rotatable bonds is 4. The highest BCUT2D eigenvalue weighted by molar-refractivity contribution is 6.30. The molecule has 4 heteroatoms. The molecule has 94 valence electrons. The molecule has 0 radical (unpaired) electrons. The first-order chi connectivity index (χ1) is 8.25. The van der Waals surface area contributed by atoms with Gasteiger partial charge in [-0.05, 0) is 56.5 Å².